The average molecular weight is 664 g/mol. The molecular weight excluding hydrogens is 634 g/mol. The first-order chi connectivity index (χ1) is 21.4. The van der Waals surface area contributed by atoms with Crippen LogP contribution in [0.1, 0.15) is 40.9 Å². The summed E-state index contributed by atoms with van der Waals surface area (Å²) in [4.78, 5) is 36.0. The summed E-state index contributed by atoms with van der Waals surface area (Å²) >= 11 is 8.10. The molecule has 45 heavy (non-hydrogen) atoms. The highest BCUT2D eigenvalue weighted by molar-refractivity contribution is 7.21. The zero-order valence-electron chi connectivity index (χ0n) is 24.0. The van der Waals surface area contributed by atoms with E-state index >= 15 is 4.39 Å². The minimum absolute atomic E-state index is 0.00914. The van der Waals surface area contributed by atoms with Crippen LogP contribution >= 0.6 is 22.9 Å². The molecule has 3 aromatic carbocycles. The second-order valence-corrected chi connectivity index (χ2v) is 11.8. The van der Waals surface area contributed by atoms with Crippen LogP contribution in [-0.2, 0) is 16.1 Å². The van der Waals surface area contributed by atoms with Crippen molar-refractivity contribution in [3.05, 3.63) is 88.0 Å². The maximum absolute atomic E-state index is 15.2. The van der Waals surface area contributed by atoms with Gasteiger partial charge in [0.15, 0.2) is 0 Å². The Labute approximate surface area is 265 Å². The second kappa shape index (κ2) is 14.9. The standard InChI is InChI=1S/C30H29ClFN3O2S.C2HF3O2/c1-33-22-11-13-24(14-12-22)35(30(37)29-28(31)25-4-2-3-5-27(25)38-29)17-21-16-20(8-15-26(21)32)19-6-9-23(10-7-19)34-18-36;3-2(4,5)1(6)7/h2-10,15-16,18,22,24,33H,11-14,17H2,1H3,(H,34,36);(H,6,7). The number of fused-ring (bicyclic) bond motifs is 1. The van der Waals surface area contributed by atoms with E-state index in [2.05, 4.69) is 10.6 Å². The summed E-state index contributed by atoms with van der Waals surface area (Å²) in [7, 11) is 1.97. The normalized spacial score (nSPS) is 16.4. The largest absolute Gasteiger partial charge is 0.490 e. The average Bonchev–Trinajstić information content (AvgIpc) is 3.37. The number of alkyl halides is 3. The molecule has 0 aliphatic heterocycles. The van der Waals surface area contributed by atoms with E-state index in [0.29, 0.717) is 33.6 Å². The van der Waals surface area contributed by atoms with Gasteiger partial charge in [-0.2, -0.15) is 13.2 Å². The molecule has 2 amide bonds. The molecule has 0 radical (unpaired) electrons. The van der Waals surface area contributed by atoms with Crippen molar-refractivity contribution in [3.63, 3.8) is 0 Å². The first kappa shape index (κ1) is 33.9. The quantitative estimate of drug-likeness (QED) is 0.132. The lowest BCUT2D eigenvalue weighted by molar-refractivity contribution is -0.192. The van der Waals surface area contributed by atoms with Crippen LogP contribution in [0.3, 0.4) is 0 Å². The van der Waals surface area contributed by atoms with Gasteiger partial charge in [-0.3, -0.25) is 9.59 Å². The van der Waals surface area contributed by atoms with Crippen molar-refractivity contribution in [3.8, 4) is 11.1 Å². The molecule has 238 valence electrons. The van der Waals surface area contributed by atoms with Crippen LogP contribution in [0.15, 0.2) is 66.7 Å². The number of nitrogens with zero attached hydrogens (tertiary/aromatic N) is 1. The number of hydrogen-bond acceptors (Lipinski definition) is 5. The maximum Gasteiger partial charge on any atom is 0.490 e. The van der Waals surface area contributed by atoms with E-state index in [9.17, 15) is 22.8 Å². The summed E-state index contributed by atoms with van der Waals surface area (Å²) < 4.78 is 47.9. The SMILES string of the molecule is CNC1CCC(N(Cc2cc(-c3ccc(NC=O)cc3)ccc2F)C(=O)c2sc3ccccc3c2Cl)CC1.O=C(O)C(F)(F)F. The molecule has 1 aliphatic rings. The molecule has 1 fully saturated rings. The molecule has 0 bridgehead atoms. The number of anilines is 1. The number of carbonyl (C=O) groups excluding carboxylic acids is 2. The lowest BCUT2D eigenvalue weighted by atomic mass is 9.89. The molecular formula is C32H30ClF4N3O4S. The van der Waals surface area contributed by atoms with Gasteiger partial charge >= 0.3 is 12.1 Å². The number of carboxylic acids is 1. The van der Waals surface area contributed by atoms with Crippen LogP contribution < -0.4 is 10.6 Å². The minimum Gasteiger partial charge on any atom is -0.475 e. The number of carbonyl (C=O) groups is 3. The number of amides is 2. The number of carboxylic acid groups (broad SMARTS) is 1. The number of benzene rings is 3. The van der Waals surface area contributed by atoms with Gasteiger partial charge < -0.3 is 20.6 Å². The van der Waals surface area contributed by atoms with E-state index in [1.165, 1.54) is 17.4 Å². The van der Waals surface area contributed by atoms with Gasteiger partial charge in [0, 0.05) is 40.0 Å². The summed E-state index contributed by atoms with van der Waals surface area (Å²) in [5.41, 5.74) is 2.87. The Morgan fingerprint density at radius 3 is 2.22 bits per heavy atom. The first-order valence-electron chi connectivity index (χ1n) is 14.0. The van der Waals surface area contributed by atoms with Crippen LogP contribution in [0.4, 0.5) is 23.2 Å². The van der Waals surface area contributed by atoms with Crippen molar-refractivity contribution in [2.75, 3.05) is 12.4 Å². The number of thiophene rings is 1. The fourth-order valence-electron chi connectivity index (χ4n) is 5.21. The number of halogens is 5. The third-order valence-electron chi connectivity index (χ3n) is 7.61. The van der Waals surface area contributed by atoms with Crippen LogP contribution in [0.25, 0.3) is 21.2 Å². The molecule has 0 saturated heterocycles. The smallest absolute Gasteiger partial charge is 0.475 e. The Hall–Kier alpha value is -4.00. The topological polar surface area (TPSA) is 98.7 Å². The number of rotatable bonds is 8. The van der Waals surface area contributed by atoms with Gasteiger partial charge in [0.1, 0.15) is 10.7 Å². The van der Waals surface area contributed by atoms with E-state index < -0.39 is 12.1 Å². The molecule has 5 rings (SSSR count). The number of nitrogens with one attached hydrogen (secondary N) is 2. The monoisotopic (exact) mass is 663 g/mol. The van der Waals surface area contributed by atoms with Crippen molar-refractivity contribution in [2.24, 2.45) is 0 Å². The van der Waals surface area contributed by atoms with Gasteiger partial charge in [0.2, 0.25) is 6.41 Å². The lowest BCUT2D eigenvalue weighted by Crippen LogP contribution is -2.44. The number of aliphatic carboxylic acids is 1. The summed E-state index contributed by atoms with van der Waals surface area (Å²) in [5, 5.41) is 14.4. The van der Waals surface area contributed by atoms with Crippen LogP contribution in [0.5, 0.6) is 0 Å². The molecule has 0 unspecified atom stereocenters. The molecule has 13 heteroatoms. The molecule has 4 aromatic rings. The number of hydrogen-bond donors (Lipinski definition) is 3. The molecule has 3 N–H and O–H groups in total. The van der Waals surface area contributed by atoms with Crippen molar-refractivity contribution >= 4 is 57.0 Å². The predicted octanol–water partition coefficient (Wildman–Crippen LogP) is 7.74. The summed E-state index contributed by atoms with van der Waals surface area (Å²) in [5.74, 6) is -3.26. The third kappa shape index (κ3) is 8.38. The molecule has 7 nitrogen and oxygen atoms in total. The van der Waals surface area contributed by atoms with Crippen molar-refractivity contribution in [1.82, 2.24) is 10.2 Å². The summed E-state index contributed by atoms with van der Waals surface area (Å²) in [6, 6.07) is 20.5. The highest BCUT2D eigenvalue weighted by atomic mass is 35.5. The van der Waals surface area contributed by atoms with E-state index in [0.717, 1.165) is 46.9 Å². The Morgan fingerprint density at radius 1 is 1.02 bits per heavy atom. The molecule has 1 aliphatic carbocycles. The summed E-state index contributed by atoms with van der Waals surface area (Å²) in [6.45, 7) is 0.156. The van der Waals surface area contributed by atoms with E-state index in [-0.39, 0.29) is 24.3 Å². The van der Waals surface area contributed by atoms with Gasteiger partial charge in [0.25, 0.3) is 5.91 Å². The van der Waals surface area contributed by atoms with Gasteiger partial charge in [0.05, 0.1) is 5.02 Å². The highest BCUT2D eigenvalue weighted by Gasteiger charge is 2.38. The van der Waals surface area contributed by atoms with Crippen molar-refractivity contribution in [1.29, 1.82) is 0 Å². The third-order valence-corrected chi connectivity index (χ3v) is 9.27. The van der Waals surface area contributed by atoms with E-state index in [1.807, 2.05) is 54.4 Å². The first-order valence-corrected chi connectivity index (χ1v) is 15.2. The molecule has 1 heterocycles. The Bertz CT molecular complexity index is 1650. The van der Waals surface area contributed by atoms with Crippen LogP contribution in [0, 0.1) is 5.82 Å². The van der Waals surface area contributed by atoms with Crippen molar-refractivity contribution in [2.45, 2.75) is 50.5 Å². The fraction of sp³-hybridized carbons (Fsp3) is 0.281. The molecule has 0 atom stereocenters. The summed E-state index contributed by atoms with van der Waals surface area (Å²) in [6.07, 6.45) is -0.869. The van der Waals surface area contributed by atoms with Gasteiger partial charge in [-0.05, 0) is 74.2 Å². The van der Waals surface area contributed by atoms with Gasteiger partial charge in [-0.15, -0.1) is 11.3 Å². The predicted molar refractivity (Wildman–Crippen MR) is 167 cm³/mol. The Kier molecular flexibility index (Phi) is 11.2. The Morgan fingerprint density at radius 2 is 1.64 bits per heavy atom. The highest BCUT2D eigenvalue weighted by Crippen LogP contribution is 2.38. The minimum atomic E-state index is -5.08. The van der Waals surface area contributed by atoms with Gasteiger partial charge in [-0.25, -0.2) is 9.18 Å². The van der Waals surface area contributed by atoms with Crippen molar-refractivity contribution < 1.29 is 37.1 Å². The molecule has 1 saturated carbocycles. The lowest BCUT2D eigenvalue weighted by Gasteiger charge is -2.37. The zero-order chi connectivity index (χ0) is 32.7. The van der Waals surface area contributed by atoms with Crippen LogP contribution in [0.2, 0.25) is 5.02 Å². The fourth-order valence-corrected chi connectivity index (χ4v) is 6.68. The van der Waals surface area contributed by atoms with E-state index in [4.69, 9.17) is 21.5 Å². The van der Waals surface area contributed by atoms with Gasteiger partial charge in [-0.1, -0.05) is 48.0 Å². The maximum atomic E-state index is 15.2. The Balaban J connectivity index is 0.000000591. The molecule has 0 spiro atoms. The van der Waals surface area contributed by atoms with E-state index in [1.54, 1.807) is 18.2 Å². The van der Waals surface area contributed by atoms with Crippen LogP contribution in [-0.4, -0.2) is 53.6 Å². The zero-order valence-corrected chi connectivity index (χ0v) is 25.6. The molecule has 1 aromatic heterocycles. The second-order valence-electron chi connectivity index (χ2n) is 10.4.